The van der Waals surface area contributed by atoms with Crippen LogP contribution in [0.15, 0.2) is 18.2 Å². The minimum atomic E-state index is -0.580. The van der Waals surface area contributed by atoms with E-state index in [4.69, 9.17) is 9.47 Å². The molecule has 0 aromatic heterocycles. The van der Waals surface area contributed by atoms with Gasteiger partial charge in [0.15, 0.2) is 0 Å². The van der Waals surface area contributed by atoms with Crippen LogP contribution in [0.4, 0.5) is 5.69 Å². The number of ether oxygens (including phenoxy) is 2. The molecule has 1 aromatic rings. The van der Waals surface area contributed by atoms with Crippen LogP contribution in [0.5, 0.6) is 11.5 Å². The maximum atomic E-state index is 13.0. The van der Waals surface area contributed by atoms with Gasteiger partial charge in [-0.2, -0.15) is 0 Å². The van der Waals surface area contributed by atoms with Crippen molar-refractivity contribution in [2.45, 2.75) is 58.9 Å². The van der Waals surface area contributed by atoms with E-state index in [9.17, 15) is 9.59 Å². The summed E-state index contributed by atoms with van der Waals surface area (Å²) in [5, 5.41) is 5.93. The Bertz CT molecular complexity index is 669. The normalized spacial score (nSPS) is 21.3. The summed E-state index contributed by atoms with van der Waals surface area (Å²) in [6.45, 7) is 6.23. The number of methoxy groups -OCH3 is 2. The molecule has 0 heterocycles. The van der Waals surface area contributed by atoms with Gasteiger partial charge in [-0.3, -0.25) is 9.59 Å². The van der Waals surface area contributed by atoms with Crippen molar-refractivity contribution >= 4 is 17.5 Å². The van der Waals surface area contributed by atoms with Crippen molar-refractivity contribution in [1.29, 1.82) is 0 Å². The second-order valence-electron chi connectivity index (χ2n) is 7.88. The number of hydrogen-bond donors (Lipinski definition) is 2. The second kappa shape index (κ2) is 10.3. The number of anilines is 1. The van der Waals surface area contributed by atoms with E-state index in [1.807, 2.05) is 13.8 Å². The van der Waals surface area contributed by atoms with Gasteiger partial charge in [0.05, 0.1) is 19.9 Å². The van der Waals surface area contributed by atoms with E-state index in [2.05, 4.69) is 17.6 Å². The minimum Gasteiger partial charge on any atom is -0.497 e. The fourth-order valence-corrected chi connectivity index (χ4v) is 3.61. The van der Waals surface area contributed by atoms with Crippen molar-refractivity contribution < 1.29 is 19.1 Å². The molecule has 0 radical (unpaired) electrons. The molecule has 2 rings (SSSR count). The van der Waals surface area contributed by atoms with Gasteiger partial charge >= 0.3 is 0 Å². The summed E-state index contributed by atoms with van der Waals surface area (Å²) in [7, 11) is 3.12. The zero-order valence-corrected chi connectivity index (χ0v) is 17.7. The van der Waals surface area contributed by atoms with Crippen LogP contribution in [0.2, 0.25) is 0 Å². The van der Waals surface area contributed by atoms with Crippen LogP contribution in [0.1, 0.15) is 52.9 Å². The summed E-state index contributed by atoms with van der Waals surface area (Å²) < 4.78 is 10.6. The number of rotatable bonds is 8. The van der Waals surface area contributed by atoms with E-state index in [1.165, 1.54) is 0 Å². The fourth-order valence-electron chi connectivity index (χ4n) is 3.61. The molecule has 2 amide bonds. The molecule has 2 N–H and O–H groups in total. The first-order chi connectivity index (χ1) is 13.4. The van der Waals surface area contributed by atoms with E-state index in [0.717, 1.165) is 32.1 Å². The lowest BCUT2D eigenvalue weighted by Crippen LogP contribution is -2.49. The minimum absolute atomic E-state index is 0.00551. The highest BCUT2D eigenvalue weighted by Crippen LogP contribution is 2.30. The third-order valence-electron chi connectivity index (χ3n) is 5.85. The molecule has 156 valence electrons. The number of carbonyl (C=O) groups is 2. The number of amides is 2. The van der Waals surface area contributed by atoms with Gasteiger partial charge in [0, 0.05) is 12.0 Å². The maximum absolute atomic E-state index is 13.0. The van der Waals surface area contributed by atoms with Gasteiger partial charge in [-0.1, -0.05) is 27.2 Å². The van der Waals surface area contributed by atoms with Crippen molar-refractivity contribution in [3.63, 3.8) is 0 Å². The summed E-state index contributed by atoms with van der Waals surface area (Å²) >= 11 is 0. The summed E-state index contributed by atoms with van der Waals surface area (Å²) in [4.78, 5) is 25.8. The average molecular weight is 391 g/mol. The summed E-state index contributed by atoms with van der Waals surface area (Å²) in [6, 6.07) is 4.64. The van der Waals surface area contributed by atoms with Crippen LogP contribution in [0.25, 0.3) is 0 Å². The molecule has 1 aliphatic rings. The Kier molecular flexibility index (Phi) is 8.15. The standard InChI is InChI=1S/C22H34N2O4/c1-6-15(3)20(24-21(25)16-9-7-14(2)8-10-16)22(26)23-18-12-11-17(27-4)13-19(18)28-5/h11-16,20H,6-10H2,1-5H3,(H,23,26)(H,24,25)/t14?,15-,16?,20-/m0/s1. The molecule has 0 saturated heterocycles. The highest BCUT2D eigenvalue weighted by molar-refractivity contribution is 5.98. The Labute approximate surface area is 168 Å². The first-order valence-corrected chi connectivity index (χ1v) is 10.2. The van der Waals surface area contributed by atoms with Crippen LogP contribution in [0, 0.1) is 17.8 Å². The average Bonchev–Trinajstić information content (AvgIpc) is 2.71. The van der Waals surface area contributed by atoms with Crippen molar-refractivity contribution in [3.05, 3.63) is 18.2 Å². The zero-order valence-electron chi connectivity index (χ0n) is 17.7. The topological polar surface area (TPSA) is 76.7 Å². The lowest BCUT2D eigenvalue weighted by atomic mass is 9.82. The molecule has 1 aliphatic carbocycles. The van der Waals surface area contributed by atoms with Crippen molar-refractivity contribution in [2.75, 3.05) is 19.5 Å². The molecule has 2 atom stereocenters. The van der Waals surface area contributed by atoms with Gasteiger partial charge in [0.25, 0.3) is 0 Å². The van der Waals surface area contributed by atoms with Crippen molar-refractivity contribution in [3.8, 4) is 11.5 Å². The third kappa shape index (κ3) is 5.63. The van der Waals surface area contributed by atoms with Crippen LogP contribution < -0.4 is 20.1 Å². The first-order valence-electron chi connectivity index (χ1n) is 10.2. The van der Waals surface area contributed by atoms with Crippen LogP contribution >= 0.6 is 0 Å². The summed E-state index contributed by atoms with van der Waals surface area (Å²) in [5.74, 6) is 1.64. The monoisotopic (exact) mass is 390 g/mol. The quantitative estimate of drug-likeness (QED) is 0.703. The molecule has 28 heavy (non-hydrogen) atoms. The lowest BCUT2D eigenvalue weighted by molar-refractivity contribution is -0.131. The van der Waals surface area contributed by atoms with Gasteiger partial charge < -0.3 is 20.1 Å². The Morgan fingerprint density at radius 2 is 1.82 bits per heavy atom. The zero-order chi connectivity index (χ0) is 20.7. The Morgan fingerprint density at radius 3 is 2.39 bits per heavy atom. The summed E-state index contributed by atoms with van der Waals surface area (Å²) in [5.41, 5.74) is 0.558. The third-order valence-corrected chi connectivity index (χ3v) is 5.85. The highest BCUT2D eigenvalue weighted by Gasteiger charge is 2.31. The van der Waals surface area contributed by atoms with Gasteiger partial charge in [-0.15, -0.1) is 0 Å². The van der Waals surface area contributed by atoms with Gasteiger partial charge in [0.2, 0.25) is 11.8 Å². The SMILES string of the molecule is CC[C@H](C)[C@H](NC(=O)C1CCC(C)CC1)C(=O)Nc1ccc(OC)cc1OC. The van der Waals surface area contributed by atoms with E-state index >= 15 is 0 Å². The van der Waals surface area contributed by atoms with Crippen molar-refractivity contribution in [1.82, 2.24) is 5.32 Å². The Morgan fingerprint density at radius 1 is 1.14 bits per heavy atom. The highest BCUT2D eigenvalue weighted by atomic mass is 16.5. The van der Waals surface area contributed by atoms with E-state index in [1.54, 1.807) is 32.4 Å². The Hall–Kier alpha value is -2.24. The molecule has 6 nitrogen and oxygen atoms in total. The lowest BCUT2D eigenvalue weighted by Gasteiger charge is -2.29. The molecular formula is C22H34N2O4. The van der Waals surface area contributed by atoms with E-state index in [-0.39, 0.29) is 23.7 Å². The number of nitrogens with one attached hydrogen (secondary N) is 2. The summed E-state index contributed by atoms with van der Waals surface area (Å²) in [6.07, 6.45) is 4.73. The van der Waals surface area contributed by atoms with Crippen molar-refractivity contribution in [2.24, 2.45) is 17.8 Å². The molecule has 0 spiro atoms. The molecule has 0 aliphatic heterocycles. The molecular weight excluding hydrogens is 356 g/mol. The predicted octanol–water partition coefficient (Wildman–Crippen LogP) is 4.00. The number of hydrogen-bond acceptors (Lipinski definition) is 4. The smallest absolute Gasteiger partial charge is 0.247 e. The van der Waals surface area contributed by atoms with E-state index in [0.29, 0.717) is 23.1 Å². The van der Waals surface area contributed by atoms with Gasteiger partial charge in [0.1, 0.15) is 17.5 Å². The second-order valence-corrected chi connectivity index (χ2v) is 7.88. The predicted molar refractivity (Wildman–Crippen MR) is 111 cm³/mol. The van der Waals surface area contributed by atoms with Crippen LogP contribution in [-0.2, 0) is 9.59 Å². The van der Waals surface area contributed by atoms with Gasteiger partial charge in [-0.25, -0.2) is 0 Å². The fraction of sp³-hybridized carbons (Fsp3) is 0.636. The molecule has 6 heteroatoms. The molecule has 0 unspecified atom stereocenters. The van der Waals surface area contributed by atoms with Crippen LogP contribution in [-0.4, -0.2) is 32.1 Å². The molecule has 1 aromatic carbocycles. The molecule has 1 saturated carbocycles. The molecule has 1 fully saturated rings. The first kappa shape index (κ1) is 22.1. The van der Waals surface area contributed by atoms with Crippen LogP contribution in [0.3, 0.4) is 0 Å². The Balaban J connectivity index is 2.10. The number of benzene rings is 1. The van der Waals surface area contributed by atoms with Gasteiger partial charge in [-0.05, 0) is 49.7 Å². The van der Waals surface area contributed by atoms with E-state index < -0.39 is 6.04 Å². The molecule has 0 bridgehead atoms. The maximum Gasteiger partial charge on any atom is 0.247 e. The number of carbonyl (C=O) groups excluding carboxylic acids is 2. The largest absolute Gasteiger partial charge is 0.497 e.